The molecule has 0 radical (unpaired) electrons. The quantitative estimate of drug-likeness (QED) is 0.503. The predicted octanol–water partition coefficient (Wildman–Crippen LogP) is 2.05. The van der Waals surface area contributed by atoms with Gasteiger partial charge in [0.05, 0.1) is 29.7 Å². The second-order valence-electron chi connectivity index (χ2n) is 6.47. The Labute approximate surface area is 160 Å². The minimum Gasteiger partial charge on any atom is -0.478 e. The van der Waals surface area contributed by atoms with Gasteiger partial charge in [-0.2, -0.15) is 0 Å². The molecule has 0 saturated heterocycles. The van der Waals surface area contributed by atoms with E-state index in [1.165, 1.54) is 0 Å². The predicted molar refractivity (Wildman–Crippen MR) is 102 cm³/mol. The number of hydrogen-bond acceptors (Lipinski definition) is 5. The van der Waals surface area contributed by atoms with Crippen molar-refractivity contribution in [3.05, 3.63) is 59.0 Å². The number of carbonyl (C=O) groups is 2. The highest BCUT2D eigenvalue weighted by atomic mass is 16.5. The first-order valence-electron chi connectivity index (χ1n) is 9.01. The van der Waals surface area contributed by atoms with Crippen molar-refractivity contribution in [3.8, 4) is 5.75 Å². The molecule has 4 rings (SSSR count). The van der Waals surface area contributed by atoms with Crippen LogP contribution in [0.2, 0.25) is 0 Å². The van der Waals surface area contributed by atoms with Gasteiger partial charge in [0.1, 0.15) is 5.75 Å². The van der Waals surface area contributed by atoms with Gasteiger partial charge in [-0.05, 0) is 30.7 Å². The van der Waals surface area contributed by atoms with Gasteiger partial charge in [0, 0.05) is 6.54 Å². The van der Waals surface area contributed by atoms with Crippen molar-refractivity contribution in [1.29, 1.82) is 0 Å². The Hall–Kier alpha value is -3.55. The molecule has 1 atom stereocenters. The topological polar surface area (TPSA) is 102 Å². The molecule has 0 unspecified atom stereocenters. The van der Waals surface area contributed by atoms with Crippen LogP contribution in [0.5, 0.6) is 5.75 Å². The number of nitrogens with one attached hydrogen (secondary N) is 2. The Morgan fingerprint density at radius 2 is 1.89 bits per heavy atom. The first kappa shape index (κ1) is 17.8. The molecule has 1 amide bonds. The number of nitrogens with zero attached hydrogens (tertiary/aromatic N) is 1. The molecule has 1 aliphatic heterocycles. The number of rotatable bonds is 6. The number of amides is 1. The van der Waals surface area contributed by atoms with Crippen LogP contribution in [0.4, 0.5) is 5.69 Å². The summed E-state index contributed by atoms with van der Waals surface area (Å²) in [5, 5.41) is 2.71. The molecule has 2 aromatic carbocycles. The van der Waals surface area contributed by atoms with Crippen LogP contribution in [0.15, 0.2) is 53.3 Å². The van der Waals surface area contributed by atoms with E-state index in [2.05, 4.69) is 10.3 Å². The third-order valence-electron chi connectivity index (χ3n) is 4.53. The summed E-state index contributed by atoms with van der Waals surface area (Å²) in [5.41, 5.74) is 1.97. The van der Waals surface area contributed by atoms with E-state index in [1.807, 2.05) is 24.3 Å². The van der Waals surface area contributed by atoms with E-state index in [1.54, 1.807) is 28.8 Å². The van der Waals surface area contributed by atoms with Gasteiger partial charge in [0.25, 0.3) is 5.91 Å². The first-order chi connectivity index (χ1) is 13.6. The summed E-state index contributed by atoms with van der Waals surface area (Å²) in [7, 11) is 0. The van der Waals surface area contributed by atoms with Crippen molar-refractivity contribution in [3.63, 3.8) is 0 Å². The Balaban J connectivity index is 1.28. The maximum absolute atomic E-state index is 12.1. The summed E-state index contributed by atoms with van der Waals surface area (Å²) < 4.78 is 12.4. The molecule has 144 valence electrons. The molecular weight excluding hydrogens is 362 g/mol. The Morgan fingerprint density at radius 3 is 2.79 bits per heavy atom. The van der Waals surface area contributed by atoms with Crippen LogP contribution < -0.4 is 15.7 Å². The van der Waals surface area contributed by atoms with Crippen LogP contribution >= 0.6 is 0 Å². The van der Waals surface area contributed by atoms with Gasteiger partial charge in [-0.15, -0.1) is 0 Å². The molecule has 0 bridgehead atoms. The summed E-state index contributed by atoms with van der Waals surface area (Å²) in [5.74, 6) is -0.370. The van der Waals surface area contributed by atoms with Gasteiger partial charge in [-0.25, -0.2) is 4.79 Å². The number of aromatic amines is 1. The van der Waals surface area contributed by atoms with E-state index in [9.17, 15) is 14.4 Å². The van der Waals surface area contributed by atoms with E-state index < -0.39 is 12.1 Å². The molecule has 0 fully saturated rings. The van der Waals surface area contributed by atoms with Crippen LogP contribution in [-0.2, 0) is 20.9 Å². The lowest BCUT2D eigenvalue weighted by molar-refractivity contribution is -0.147. The third-order valence-corrected chi connectivity index (χ3v) is 4.53. The van der Waals surface area contributed by atoms with Crippen molar-refractivity contribution in [1.82, 2.24) is 9.55 Å². The fourth-order valence-corrected chi connectivity index (χ4v) is 3.17. The molecule has 8 nitrogen and oxygen atoms in total. The average Bonchev–Trinajstić information content (AvgIpc) is 3.01. The molecule has 2 N–H and O–H groups in total. The molecule has 3 aromatic rings. The molecule has 1 aliphatic rings. The van der Waals surface area contributed by atoms with Crippen LogP contribution in [0.25, 0.3) is 11.0 Å². The number of hydrogen-bond donors (Lipinski definition) is 2. The zero-order chi connectivity index (χ0) is 19.5. The summed E-state index contributed by atoms with van der Waals surface area (Å²) in [6, 6.07) is 14.4. The molecule has 1 aromatic heterocycles. The molecule has 28 heavy (non-hydrogen) atoms. The molecule has 8 heteroatoms. The molecule has 0 spiro atoms. The Bertz CT molecular complexity index is 1080. The van der Waals surface area contributed by atoms with Crippen LogP contribution in [0.1, 0.15) is 12.8 Å². The van der Waals surface area contributed by atoms with Gasteiger partial charge in [0.2, 0.25) is 0 Å². The lowest BCUT2D eigenvalue weighted by Gasteiger charge is -2.25. The highest BCUT2D eigenvalue weighted by Gasteiger charge is 2.30. The zero-order valence-electron chi connectivity index (χ0n) is 15.0. The van der Waals surface area contributed by atoms with E-state index >= 15 is 0 Å². The van der Waals surface area contributed by atoms with Gasteiger partial charge < -0.3 is 19.8 Å². The summed E-state index contributed by atoms with van der Waals surface area (Å²) in [6.45, 7) is 0.569. The number of anilines is 1. The second-order valence-corrected chi connectivity index (χ2v) is 6.47. The van der Waals surface area contributed by atoms with Gasteiger partial charge in [-0.3, -0.25) is 14.2 Å². The number of para-hydroxylation sites is 4. The van der Waals surface area contributed by atoms with Crippen LogP contribution in [-0.4, -0.2) is 34.1 Å². The standard InChI is InChI=1S/C20H19N3O5/c24-18(12-17-19(25)21-14-7-2-4-9-16(14)28-17)27-11-5-10-23-15-8-3-1-6-13(15)22-20(23)26/h1-4,6-9,17H,5,10-12H2,(H,21,25)(H,22,26)/t17-/m1/s1. The monoisotopic (exact) mass is 381 g/mol. The van der Waals surface area contributed by atoms with Crippen molar-refractivity contribution in [2.75, 3.05) is 11.9 Å². The molecular formula is C20H19N3O5. The zero-order valence-corrected chi connectivity index (χ0v) is 15.0. The Morgan fingerprint density at radius 1 is 1.11 bits per heavy atom. The van der Waals surface area contributed by atoms with E-state index in [4.69, 9.17) is 9.47 Å². The van der Waals surface area contributed by atoms with Crippen molar-refractivity contribution < 1.29 is 19.1 Å². The maximum Gasteiger partial charge on any atom is 0.326 e. The number of ether oxygens (including phenoxy) is 2. The van der Waals surface area contributed by atoms with Crippen LogP contribution in [0.3, 0.4) is 0 Å². The SMILES string of the molecule is O=C(C[C@H]1Oc2ccccc2NC1=O)OCCCn1c(=O)[nH]c2ccccc21. The number of carbonyl (C=O) groups excluding carboxylic acids is 2. The molecule has 0 aliphatic carbocycles. The number of H-pyrrole nitrogens is 1. The summed E-state index contributed by atoms with van der Waals surface area (Å²) in [6.07, 6.45) is -0.611. The highest BCUT2D eigenvalue weighted by Crippen LogP contribution is 2.29. The second kappa shape index (κ2) is 7.59. The minimum absolute atomic E-state index is 0.149. The number of aromatic nitrogens is 2. The summed E-state index contributed by atoms with van der Waals surface area (Å²) in [4.78, 5) is 38.9. The lowest BCUT2D eigenvalue weighted by Crippen LogP contribution is -2.38. The fraction of sp³-hybridized carbons (Fsp3) is 0.250. The van der Waals surface area contributed by atoms with Crippen molar-refractivity contribution >= 4 is 28.6 Å². The largest absolute Gasteiger partial charge is 0.478 e. The molecule has 2 heterocycles. The van der Waals surface area contributed by atoms with E-state index in [0.29, 0.717) is 24.4 Å². The highest BCUT2D eigenvalue weighted by molar-refractivity contribution is 5.99. The van der Waals surface area contributed by atoms with Gasteiger partial charge >= 0.3 is 11.7 Å². The van der Waals surface area contributed by atoms with Gasteiger partial charge in [0.15, 0.2) is 6.10 Å². The first-order valence-corrected chi connectivity index (χ1v) is 9.01. The smallest absolute Gasteiger partial charge is 0.326 e. The maximum atomic E-state index is 12.1. The average molecular weight is 381 g/mol. The fourth-order valence-electron chi connectivity index (χ4n) is 3.17. The number of aryl methyl sites for hydroxylation is 1. The third kappa shape index (κ3) is 3.62. The minimum atomic E-state index is -0.918. The van der Waals surface area contributed by atoms with Crippen LogP contribution in [0, 0.1) is 0 Å². The number of benzene rings is 2. The molecule has 0 saturated carbocycles. The Kier molecular flexibility index (Phi) is 4.84. The number of esters is 1. The van der Waals surface area contributed by atoms with E-state index in [0.717, 1.165) is 11.0 Å². The van der Waals surface area contributed by atoms with E-state index in [-0.39, 0.29) is 24.6 Å². The number of imidazole rings is 1. The summed E-state index contributed by atoms with van der Waals surface area (Å²) >= 11 is 0. The van der Waals surface area contributed by atoms with Gasteiger partial charge in [-0.1, -0.05) is 24.3 Å². The van der Waals surface area contributed by atoms with Crippen molar-refractivity contribution in [2.24, 2.45) is 0 Å². The normalized spacial score (nSPS) is 15.6. The van der Waals surface area contributed by atoms with Crippen molar-refractivity contribution in [2.45, 2.75) is 25.5 Å². The lowest BCUT2D eigenvalue weighted by atomic mass is 10.1. The number of fused-ring (bicyclic) bond motifs is 2.